The number of ether oxygens (including phenoxy) is 1. The highest BCUT2D eigenvalue weighted by Gasteiger charge is 2.46. The quantitative estimate of drug-likeness (QED) is 0.194. The minimum absolute atomic E-state index is 0.214. The third-order valence-corrected chi connectivity index (χ3v) is 10.4. The molecule has 1 atom stereocenters. The molecule has 0 amide bonds. The van der Waals surface area contributed by atoms with Gasteiger partial charge in [0.1, 0.15) is 22.7 Å². The Balaban J connectivity index is 1.26. The lowest BCUT2D eigenvalue weighted by molar-refractivity contribution is 0.487. The van der Waals surface area contributed by atoms with E-state index >= 15 is 0 Å². The molecule has 2 aliphatic rings. The first kappa shape index (κ1) is 22.2. The second-order valence-electron chi connectivity index (χ2n) is 12.8. The molecule has 2 nitrogen and oxygen atoms in total. The van der Waals surface area contributed by atoms with Crippen LogP contribution in [0.25, 0.3) is 66.1 Å². The summed E-state index contributed by atoms with van der Waals surface area (Å²) in [6, 6.07) is 45.3. The van der Waals surface area contributed by atoms with Gasteiger partial charge in [0.15, 0.2) is 0 Å². The van der Waals surface area contributed by atoms with Crippen molar-refractivity contribution in [3.05, 3.63) is 192 Å². The van der Waals surface area contributed by atoms with E-state index in [-0.39, 0.29) is 29.7 Å². The lowest BCUT2D eigenvalue weighted by Crippen LogP contribution is -2.28. The second-order valence-corrected chi connectivity index (χ2v) is 12.8. The lowest BCUT2D eigenvalue weighted by Gasteiger charge is -2.34. The van der Waals surface area contributed by atoms with E-state index in [1.54, 1.807) is 0 Å². The van der Waals surface area contributed by atoms with Gasteiger partial charge in [0.2, 0.25) is 0 Å². The molecule has 0 fully saturated rings. The summed E-state index contributed by atoms with van der Waals surface area (Å²) in [6.07, 6.45) is 0. The average molecular weight is 630 g/mol. The van der Waals surface area contributed by atoms with Crippen LogP contribution in [0.1, 0.15) is 29.1 Å². The Morgan fingerprint density at radius 2 is 1.18 bits per heavy atom. The molecule has 0 bridgehead atoms. The first-order valence-electron chi connectivity index (χ1n) is 18.9. The molecule has 1 aliphatic carbocycles. The van der Waals surface area contributed by atoms with Gasteiger partial charge in [0.25, 0.3) is 0 Å². The number of hydrogen-bond donors (Lipinski definition) is 0. The fourth-order valence-electron chi connectivity index (χ4n) is 8.40. The Morgan fingerprint density at radius 1 is 0.449 bits per heavy atom. The first-order valence-corrected chi connectivity index (χ1v) is 16.4. The van der Waals surface area contributed by atoms with Gasteiger partial charge in [-0.3, -0.25) is 0 Å². The van der Waals surface area contributed by atoms with Crippen LogP contribution in [0.3, 0.4) is 0 Å². The second kappa shape index (κ2) is 9.82. The SMILES string of the molecule is [2H]c1c([2H])c([2H])c(C2(c3ccc4oc5ccccc5c4c3)c3ccccc3-c3ccc(-c4ccc5c6c(cccc46)-c4ccccc4O5)cc32)c([2H])c1[2H]. The number of benzene rings is 8. The van der Waals surface area contributed by atoms with Crippen LogP contribution in [-0.4, -0.2) is 0 Å². The van der Waals surface area contributed by atoms with Crippen molar-refractivity contribution in [1.29, 1.82) is 0 Å². The summed E-state index contributed by atoms with van der Waals surface area (Å²) in [5, 5.41) is 3.90. The van der Waals surface area contributed by atoms with Crippen molar-refractivity contribution in [1.82, 2.24) is 0 Å². The standard InChI is InChI=1S/C47H28O2/c1-2-11-30(12-3-1)47(31-22-25-44-39(28-31)36-15-6-9-20-43(36)48-44)40-18-7-4-13-33(40)34-23-21-29(27-41(34)47)32-24-26-45-46-37(32)16-10-17-38(46)35-14-5-8-19-42(35)49-45/h1-28H/i1D,2D,3D,11D,12D. The van der Waals surface area contributed by atoms with Crippen LogP contribution in [0.2, 0.25) is 0 Å². The van der Waals surface area contributed by atoms with Gasteiger partial charge in [0, 0.05) is 21.7 Å². The highest BCUT2D eigenvalue weighted by atomic mass is 16.5. The lowest BCUT2D eigenvalue weighted by atomic mass is 9.67. The predicted octanol–water partition coefficient (Wildman–Crippen LogP) is 12.5. The normalized spacial score (nSPS) is 17.0. The van der Waals surface area contributed by atoms with Crippen molar-refractivity contribution >= 4 is 32.7 Å². The summed E-state index contributed by atoms with van der Waals surface area (Å²) in [6.45, 7) is 0. The Bertz CT molecular complexity index is 3080. The summed E-state index contributed by atoms with van der Waals surface area (Å²) in [7, 11) is 0. The molecule has 0 radical (unpaired) electrons. The molecule has 9 aromatic rings. The minimum Gasteiger partial charge on any atom is -0.456 e. The topological polar surface area (TPSA) is 22.4 Å². The van der Waals surface area contributed by atoms with E-state index in [1.165, 1.54) is 0 Å². The molecule has 8 aromatic carbocycles. The molecular weight excluding hydrogens is 597 g/mol. The highest BCUT2D eigenvalue weighted by Crippen LogP contribution is 2.58. The molecule has 49 heavy (non-hydrogen) atoms. The summed E-state index contributed by atoms with van der Waals surface area (Å²) in [5.74, 6) is 1.62. The van der Waals surface area contributed by atoms with Crippen LogP contribution in [0, 0.1) is 0 Å². The van der Waals surface area contributed by atoms with Gasteiger partial charge in [-0.25, -0.2) is 0 Å². The van der Waals surface area contributed by atoms with Gasteiger partial charge in [-0.05, 0) is 91.9 Å². The van der Waals surface area contributed by atoms with Crippen LogP contribution in [0.15, 0.2) is 174 Å². The Morgan fingerprint density at radius 3 is 2.12 bits per heavy atom. The van der Waals surface area contributed by atoms with Crippen LogP contribution in [0.4, 0.5) is 0 Å². The van der Waals surface area contributed by atoms with Crippen molar-refractivity contribution in [3.63, 3.8) is 0 Å². The number of para-hydroxylation sites is 2. The summed E-state index contributed by atoms with van der Waals surface area (Å²) >= 11 is 0. The summed E-state index contributed by atoms with van der Waals surface area (Å²) < 4.78 is 57.9. The molecular formula is C47H28O2. The third kappa shape index (κ3) is 3.55. The Kier molecular flexibility index (Phi) is 4.46. The van der Waals surface area contributed by atoms with Gasteiger partial charge < -0.3 is 9.15 Å². The van der Waals surface area contributed by atoms with Gasteiger partial charge >= 0.3 is 0 Å². The van der Waals surface area contributed by atoms with Crippen LogP contribution in [-0.2, 0) is 5.41 Å². The van der Waals surface area contributed by atoms with Crippen molar-refractivity contribution in [3.8, 4) is 44.9 Å². The van der Waals surface area contributed by atoms with E-state index < -0.39 is 11.5 Å². The predicted molar refractivity (Wildman–Crippen MR) is 199 cm³/mol. The highest BCUT2D eigenvalue weighted by molar-refractivity contribution is 6.10. The number of rotatable bonds is 3. The molecule has 0 saturated carbocycles. The third-order valence-electron chi connectivity index (χ3n) is 10.4. The Labute approximate surface area is 290 Å². The van der Waals surface area contributed by atoms with Crippen LogP contribution in [0.5, 0.6) is 11.5 Å². The van der Waals surface area contributed by atoms with Crippen molar-refractivity contribution in [2.45, 2.75) is 5.41 Å². The maximum atomic E-state index is 9.48. The van der Waals surface area contributed by atoms with Crippen molar-refractivity contribution < 1.29 is 16.0 Å². The van der Waals surface area contributed by atoms with Crippen LogP contribution >= 0.6 is 0 Å². The van der Waals surface area contributed by atoms with Crippen molar-refractivity contribution in [2.24, 2.45) is 0 Å². The fourth-order valence-corrected chi connectivity index (χ4v) is 8.40. The molecule has 0 spiro atoms. The molecule has 228 valence electrons. The van der Waals surface area contributed by atoms with Gasteiger partial charge in [-0.2, -0.15) is 0 Å². The van der Waals surface area contributed by atoms with Gasteiger partial charge in [-0.1, -0.05) is 133 Å². The molecule has 0 N–H and O–H groups in total. The zero-order valence-corrected chi connectivity index (χ0v) is 26.1. The van der Waals surface area contributed by atoms with Gasteiger partial charge in [-0.15, -0.1) is 0 Å². The molecule has 1 unspecified atom stereocenters. The maximum Gasteiger partial charge on any atom is 0.135 e. The molecule has 2 heterocycles. The molecule has 2 heteroatoms. The molecule has 1 aromatic heterocycles. The fraction of sp³-hybridized carbons (Fsp3) is 0.0213. The molecule has 1 aliphatic heterocycles. The first-order chi connectivity index (χ1) is 26.4. The number of fused-ring (bicyclic) bond motifs is 8. The van der Waals surface area contributed by atoms with Crippen molar-refractivity contribution in [2.75, 3.05) is 0 Å². The smallest absolute Gasteiger partial charge is 0.135 e. The van der Waals surface area contributed by atoms with Gasteiger partial charge in [0.05, 0.1) is 12.3 Å². The molecule has 11 rings (SSSR count). The maximum absolute atomic E-state index is 9.48. The summed E-state index contributed by atoms with van der Waals surface area (Å²) in [5.41, 5.74) is 8.86. The Hall–Kier alpha value is -6.38. The zero-order chi connectivity index (χ0) is 36.5. The zero-order valence-electron chi connectivity index (χ0n) is 31.1. The minimum atomic E-state index is -1.28. The van der Waals surface area contributed by atoms with Crippen LogP contribution < -0.4 is 4.74 Å². The number of hydrogen-bond acceptors (Lipinski definition) is 2. The van der Waals surface area contributed by atoms with E-state index in [1.807, 2.05) is 78.9 Å². The average Bonchev–Trinajstić information content (AvgIpc) is 3.73. The summed E-state index contributed by atoms with van der Waals surface area (Å²) in [4.78, 5) is 0. The van der Waals surface area contributed by atoms with E-state index in [9.17, 15) is 2.74 Å². The number of furan rings is 1. The monoisotopic (exact) mass is 629 g/mol. The molecule has 0 saturated heterocycles. The van der Waals surface area contributed by atoms with E-state index in [2.05, 4.69) is 60.7 Å². The van der Waals surface area contributed by atoms with E-state index in [4.69, 9.17) is 13.3 Å². The van der Waals surface area contributed by atoms with E-state index in [0.29, 0.717) is 5.58 Å². The van der Waals surface area contributed by atoms with E-state index in [0.717, 1.165) is 88.7 Å². The largest absolute Gasteiger partial charge is 0.456 e.